The quantitative estimate of drug-likeness (QED) is 0.0817. The molecule has 276 valence electrons. The van der Waals surface area contributed by atoms with Gasteiger partial charge in [-0.1, -0.05) is 0 Å². The molecule has 0 unspecified atom stereocenters. The highest BCUT2D eigenvalue weighted by molar-refractivity contribution is 6.26. The van der Waals surface area contributed by atoms with Gasteiger partial charge in [-0.25, -0.2) is 4.79 Å². The maximum Gasteiger partial charge on any atom is 0.338 e. The number of allylic oxidation sites excluding steroid dienone is 1. The lowest BCUT2D eigenvalue weighted by atomic mass is 9.79. The third-order valence-corrected chi connectivity index (χ3v) is 9.60. The van der Waals surface area contributed by atoms with E-state index in [0.29, 0.717) is 5.56 Å². The Labute approximate surface area is 301 Å². The van der Waals surface area contributed by atoms with Crippen molar-refractivity contribution in [2.75, 3.05) is 0 Å². The van der Waals surface area contributed by atoms with Crippen molar-refractivity contribution in [2.45, 2.75) is 36.8 Å². The first kappa shape index (κ1) is 33.9. The average Bonchev–Trinajstić information content (AvgIpc) is 3.38. The standard InChI is InChI=1S/C37H26O17/c38-13-5-19(40)15-1-2-24(51-25(15)7-13)17-11-28(45)37(50)34(48)29-18(9-23(44)31(47)33(29)54-35(17)37)32-27(10-16-20(41)6-14(39)8-26(16)52-32)53-36(49)12-3-21(42)30(46)22(43)4-12/h2-9,11,27,32,35,38-44,46-47,50H,1,10H2/t27-,32-,35+,37-/m1/s1. The summed E-state index contributed by atoms with van der Waals surface area (Å²) in [6, 6.07) is 6.77. The fraction of sp³-hybridized carbons (Fsp3) is 0.162. The predicted octanol–water partition coefficient (Wildman–Crippen LogP) is 2.64. The molecule has 0 radical (unpaired) electrons. The number of esters is 1. The van der Waals surface area contributed by atoms with Gasteiger partial charge in [0.1, 0.15) is 46.4 Å². The van der Waals surface area contributed by atoms with Crippen LogP contribution in [0.5, 0.6) is 69.0 Å². The molecule has 10 N–H and O–H groups in total. The van der Waals surface area contributed by atoms with Crippen LogP contribution in [0, 0.1) is 0 Å². The number of fused-ring (bicyclic) bond motifs is 4. The fourth-order valence-electron chi connectivity index (χ4n) is 6.98. The van der Waals surface area contributed by atoms with E-state index >= 15 is 0 Å². The third kappa shape index (κ3) is 4.93. The molecule has 17 heteroatoms. The Kier molecular flexibility index (Phi) is 7.28. The number of aliphatic hydroxyl groups is 1. The zero-order chi connectivity index (χ0) is 38.5. The largest absolute Gasteiger partial charge is 0.508 e. The van der Waals surface area contributed by atoms with E-state index in [1.807, 2.05) is 0 Å². The molecule has 0 fully saturated rings. The van der Waals surface area contributed by atoms with Crippen LogP contribution in [0.4, 0.5) is 0 Å². The summed E-state index contributed by atoms with van der Waals surface area (Å²) in [7, 11) is 0. The highest BCUT2D eigenvalue weighted by Gasteiger charge is 2.62. The summed E-state index contributed by atoms with van der Waals surface area (Å²) in [4.78, 5) is 41.4. The number of phenols is 9. The molecule has 0 bridgehead atoms. The Morgan fingerprint density at radius 3 is 2.06 bits per heavy atom. The second-order valence-electron chi connectivity index (χ2n) is 12.9. The zero-order valence-electron chi connectivity index (χ0n) is 27.2. The molecule has 4 aromatic rings. The number of rotatable bonds is 4. The summed E-state index contributed by atoms with van der Waals surface area (Å²) >= 11 is 0. The number of hydrogen-bond donors (Lipinski definition) is 10. The maximum atomic E-state index is 14.5. The summed E-state index contributed by atoms with van der Waals surface area (Å²) in [5.41, 5.74) is -4.39. The van der Waals surface area contributed by atoms with Crippen molar-refractivity contribution in [3.05, 3.63) is 93.8 Å². The highest BCUT2D eigenvalue weighted by Crippen LogP contribution is 2.54. The van der Waals surface area contributed by atoms with Crippen molar-refractivity contribution in [2.24, 2.45) is 0 Å². The van der Waals surface area contributed by atoms with Gasteiger partial charge in [0.2, 0.25) is 17.1 Å². The third-order valence-electron chi connectivity index (χ3n) is 9.60. The van der Waals surface area contributed by atoms with Gasteiger partial charge in [0.15, 0.2) is 46.7 Å². The van der Waals surface area contributed by atoms with E-state index in [2.05, 4.69) is 0 Å². The van der Waals surface area contributed by atoms with Crippen molar-refractivity contribution in [1.82, 2.24) is 0 Å². The van der Waals surface area contributed by atoms with Gasteiger partial charge in [0, 0.05) is 59.4 Å². The van der Waals surface area contributed by atoms with Gasteiger partial charge >= 0.3 is 5.97 Å². The van der Waals surface area contributed by atoms with Gasteiger partial charge < -0.3 is 70.0 Å². The lowest BCUT2D eigenvalue weighted by molar-refractivity contribution is -0.132. The Hall–Kier alpha value is -7.27. The van der Waals surface area contributed by atoms with Crippen LogP contribution in [-0.4, -0.2) is 86.4 Å². The van der Waals surface area contributed by atoms with Crippen LogP contribution in [0.15, 0.2) is 65.9 Å². The number of phenolic OH excluding ortho intramolecular Hbond substituents is 9. The molecule has 0 spiro atoms. The second kappa shape index (κ2) is 11.6. The van der Waals surface area contributed by atoms with Crippen LogP contribution >= 0.6 is 0 Å². The molecule has 1 aliphatic carbocycles. The van der Waals surface area contributed by atoms with Gasteiger partial charge in [0.05, 0.1) is 11.1 Å². The molecular formula is C37H26O17. The molecule has 0 saturated carbocycles. The first-order valence-electron chi connectivity index (χ1n) is 16.0. The predicted molar refractivity (Wildman–Crippen MR) is 176 cm³/mol. The molecule has 17 nitrogen and oxygen atoms in total. The minimum absolute atomic E-state index is 0.00391. The molecule has 8 rings (SSSR count). The SMILES string of the molecule is O=C(O[C@@H]1Cc2c(O)cc(O)cc2O[C@@H]1c1cc(O)c(O)c2c1C(=O)[C@]1(O)C(=O)C=C(C3=CCc4c(O)cc(O)cc4O3)[C@@H]1O2)c1cc(O)c(O)c(O)c1. The Balaban J connectivity index is 1.22. The van der Waals surface area contributed by atoms with Gasteiger partial charge in [-0.15, -0.1) is 0 Å². The van der Waals surface area contributed by atoms with Gasteiger partial charge in [0.25, 0.3) is 0 Å². The molecule has 0 aromatic heterocycles. The number of Topliss-reactive ketones (excluding diaryl/α,β-unsaturated/α-hetero) is 1. The fourth-order valence-corrected chi connectivity index (χ4v) is 6.98. The van der Waals surface area contributed by atoms with Crippen LogP contribution in [0.3, 0.4) is 0 Å². The first-order chi connectivity index (χ1) is 25.6. The van der Waals surface area contributed by atoms with E-state index in [1.54, 1.807) is 0 Å². The van der Waals surface area contributed by atoms with Crippen LogP contribution in [0.1, 0.15) is 43.5 Å². The number of carbonyl (C=O) groups is 3. The van der Waals surface area contributed by atoms with Crippen molar-refractivity contribution in [3.8, 4) is 69.0 Å². The van der Waals surface area contributed by atoms with E-state index in [1.165, 1.54) is 12.1 Å². The number of benzene rings is 4. The Bertz CT molecular complexity index is 2420. The van der Waals surface area contributed by atoms with E-state index < -0.39 is 111 Å². The Morgan fingerprint density at radius 1 is 0.741 bits per heavy atom. The van der Waals surface area contributed by atoms with E-state index in [9.17, 15) is 65.4 Å². The molecule has 4 aromatic carbocycles. The van der Waals surface area contributed by atoms with Gasteiger partial charge in [-0.05, 0) is 30.4 Å². The Morgan fingerprint density at radius 2 is 1.37 bits per heavy atom. The number of ketones is 2. The molecular weight excluding hydrogens is 716 g/mol. The normalized spacial score (nSPS) is 22.3. The second-order valence-corrected chi connectivity index (χ2v) is 12.9. The summed E-state index contributed by atoms with van der Waals surface area (Å²) in [5, 5.41) is 105. The number of carbonyl (C=O) groups excluding carboxylic acids is 3. The van der Waals surface area contributed by atoms with Gasteiger partial charge in [-0.3, -0.25) is 9.59 Å². The monoisotopic (exact) mass is 742 g/mol. The molecule has 3 aliphatic heterocycles. The lowest BCUT2D eigenvalue weighted by Crippen LogP contribution is -2.58. The number of ether oxygens (including phenoxy) is 4. The number of hydrogen-bond acceptors (Lipinski definition) is 17. The topological polar surface area (TPSA) is 290 Å². The minimum Gasteiger partial charge on any atom is -0.508 e. The molecule has 4 aliphatic rings. The average molecular weight is 743 g/mol. The van der Waals surface area contributed by atoms with Crippen molar-refractivity contribution in [3.63, 3.8) is 0 Å². The van der Waals surface area contributed by atoms with Crippen LogP contribution in [0.2, 0.25) is 0 Å². The van der Waals surface area contributed by atoms with E-state index in [4.69, 9.17) is 18.9 Å². The molecule has 4 atom stereocenters. The summed E-state index contributed by atoms with van der Waals surface area (Å²) in [5.74, 6) is -10.8. The van der Waals surface area contributed by atoms with Crippen molar-refractivity contribution >= 4 is 17.5 Å². The van der Waals surface area contributed by atoms with Crippen molar-refractivity contribution in [1.29, 1.82) is 0 Å². The van der Waals surface area contributed by atoms with Crippen LogP contribution in [0.25, 0.3) is 0 Å². The minimum atomic E-state index is -3.00. The zero-order valence-corrected chi connectivity index (χ0v) is 27.2. The highest BCUT2D eigenvalue weighted by atomic mass is 16.6. The van der Waals surface area contributed by atoms with Crippen molar-refractivity contribution < 1.29 is 84.4 Å². The first-order valence-corrected chi connectivity index (χ1v) is 16.0. The van der Waals surface area contributed by atoms with E-state index in [0.717, 1.165) is 42.5 Å². The summed E-state index contributed by atoms with van der Waals surface area (Å²) < 4.78 is 23.5. The molecule has 54 heavy (non-hydrogen) atoms. The van der Waals surface area contributed by atoms with Crippen LogP contribution in [-0.2, 0) is 22.4 Å². The van der Waals surface area contributed by atoms with Gasteiger partial charge in [-0.2, -0.15) is 0 Å². The molecule has 3 heterocycles. The van der Waals surface area contributed by atoms with E-state index in [-0.39, 0.29) is 46.3 Å². The molecule has 0 amide bonds. The number of aromatic hydroxyl groups is 9. The maximum absolute atomic E-state index is 14.5. The summed E-state index contributed by atoms with van der Waals surface area (Å²) in [6.07, 6.45) is -3.16. The van der Waals surface area contributed by atoms with Crippen LogP contribution < -0.4 is 14.2 Å². The lowest BCUT2D eigenvalue weighted by Gasteiger charge is -2.39. The summed E-state index contributed by atoms with van der Waals surface area (Å²) in [6.45, 7) is 0. The molecule has 0 saturated heterocycles. The smallest absolute Gasteiger partial charge is 0.338 e.